The van der Waals surface area contributed by atoms with Crippen LogP contribution >= 0.6 is 11.8 Å². The van der Waals surface area contributed by atoms with Gasteiger partial charge in [0.15, 0.2) is 0 Å². The van der Waals surface area contributed by atoms with Crippen LogP contribution in [-0.2, 0) is 51.2 Å². The highest BCUT2D eigenvalue weighted by atomic mass is 32.2. The number of phenolic OH excluding ortho intramolecular Hbond substituents is 2. The van der Waals surface area contributed by atoms with Crippen molar-refractivity contribution in [2.24, 2.45) is 11.5 Å². The lowest BCUT2D eigenvalue weighted by Crippen LogP contribution is -2.63. The maximum atomic E-state index is 14.5. The summed E-state index contributed by atoms with van der Waals surface area (Å²) in [6.07, 6.45) is 1.76. The molecule has 0 aromatic heterocycles. The smallest absolute Gasteiger partial charge is 0.326 e. The molecule has 1 saturated heterocycles. The van der Waals surface area contributed by atoms with Crippen molar-refractivity contribution < 1.29 is 58.8 Å². The first-order valence-electron chi connectivity index (χ1n) is 22.5. The first kappa shape index (κ1) is 56.4. The standard InChI is InChI=1S/C46H69N9O12S/c1-26(56)36(40(62)49-33(24-27-12-16-29(57)17-13-27)38(60)54-46(4,5)44(67)52-32(42(64)65)10-7-8-21-47)53-39(61)35-11-9-22-55(35)41(63)34(25-28-14-18-30(58)19-15-28)50-37(59)31(20-23-68-6)51-43(66)45(2,3)48/h12-19,26,31-36,56-58H,7-11,20-25,47-48H2,1-6H3,(H,49,62)(H,50,59)(H,51,66)(H,52,67)(H,53,61)(H,54,60)(H,64,65)/t26-,31+,32+,33+,34+,35+,36+/m1/s1. The van der Waals surface area contributed by atoms with Crippen molar-refractivity contribution in [2.75, 3.05) is 25.1 Å². The van der Waals surface area contributed by atoms with E-state index in [2.05, 4.69) is 31.9 Å². The molecule has 1 fully saturated rings. The van der Waals surface area contributed by atoms with Gasteiger partial charge in [-0.25, -0.2) is 4.79 Å². The van der Waals surface area contributed by atoms with E-state index in [1.807, 2.05) is 6.26 Å². The minimum atomic E-state index is -1.71. The van der Waals surface area contributed by atoms with Crippen molar-refractivity contribution >= 4 is 59.1 Å². The van der Waals surface area contributed by atoms with Gasteiger partial charge in [-0.1, -0.05) is 24.3 Å². The normalized spacial score (nSPS) is 16.5. The van der Waals surface area contributed by atoms with Crippen molar-refractivity contribution in [3.05, 3.63) is 59.7 Å². The number of likely N-dealkylation sites (tertiary alicyclic amines) is 1. The molecular weight excluding hydrogens is 903 g/mol. The predicted molar refractivity (Wildman–Crippen MR) is 254 cm³/mol. The van der Waals surface area contributed by atoms with Crippen molar-refractivity contribution in [3.8, 4) is 11.5 Å². The molecule has 7 amide bonds. The summed E-state index contributed by atoms with van der Waals surface area (Å²) < 4.78 is 0. The van der Waals surface area contributed by atoms with Crippen LogP contribution in [0.4, 0.5) is 0 Å². The number of nitrogens with two attached hydrogens (primary N) is 2. The number of nitrogens with zero attached hydrogens (tertiary/aromatic N) is 1. The van der Waals surface area contributed by atoms with Crippen LogP contribution in [0, 0.1) is 0 Å². The van der Waals surface area contributed by atoms with Gasteiger partial charge in [-0.15, -0.1) is 0 Å². The van der Waals surface area contributed by atoms with Crippen LogP contribution in [0.25, 0.3) is 0 Å². The van der Waals surface area contributed by atoms with E-state index >= 15 is 0 Å². The van der Waals surface area contributed by atoms with Crippen molar-refractivity contribution in [3.63, 3.8) is 0 Å². The number of nitrogens with one attached hydrogen (secondary N) is 6. The molecule has 22 heteroatoms. The fourth-order valence-electron chi connectivity index (χ4n) is 7.23. The number of rotatable bonds is 26. The third kappa shape index (κ3) is 17.3. The van der Waals surface area contributed by atoms with Gasteiger partial charge in [0.2, 0.25) is 41.4 Å². The van der Waals surface area contributed by atoms with Gasteiger partial charge in [0.1, 0.15) is 53.3 Å². The average molecular weight is 972 g/mol. The Kier molecular flexibility index (Phi) is 21.5. The summed E-state index contributed by atoms with van der Waals surface area (Å²) in [5, 5.41) is 55.9. The molecule has 0 radical (unpaired) electrons. The summed E-state index contributed by atoms with van der Waals surface area (Å²) in [7, 11) is 0. The highest BCUT2D eigenvalue weighted by Gasteiger charge is 2.42. The number of carboxylic acids is 1. The lowest BCUT2D eigenvalue weighted by atomic mass is 9.99. The molecule has 68 heavy (non-hydrogen) atoms. The fourth-order valence-corrected chi connectivity index (χ4v) is 7.70. The SMILES string of the molecule is CSCC[C@H](NC(=O)C(C)(C)N)C(=O)N[C@@H](Cc1ccc(O)cc1)C(=O)N1CCC[C@H]1C(=O)N[C@H](C(=O)N[C@@H](Cc1ccc(O)cc1)C(=O)NC(C)(C)C(=O)N[C@@H](CCCCN)C(=O)O)[C@@H](C)O. The second-order valence-electron chi connectivity index (χ2n) is 18.1. The number of carboxylic acid groups (broad SMARTS) is 1. The lowest BCUT2D eigenvalue weighted by Gasteiger charge is -2.32. The van der Waals surface area contributed by atoms with Crippen molar-refractivity contribution in [1.29, 1.82) is 0 Å². The van der Waals surface area contributed by atoms with Crippen LogP contribution in [0.3, 0.4) is 0 Å². The molecule has 0 unspecified atom stereocenters. The number of thioether (sulfide) groups is 1. The van der Waals surface area contributed by atoms with Gasteiger partial charge >= 0.3 is 5.97 Å². The maximum Gasteiger partial charge on any atom is 0.326 e. The number of aliphatic carboxylic acids is 1. The summed E-state index contributed by atoms with van der Waals surface area (Å²) in [6, 6.07) is 3.75. The summed E-state index contributed by atoms with van der Waals surface area (Å²) >= 11 is 1.44. The Balaban J connectivity index is 1.88. The minimum absolute atomic E-state index is 0.0302. The summed E-state index contributed by atoms with van der Waals surface area (Å²) in [6.45, 7) is 7.30. The second kappa shape index (κ2) is 26.0. The molecule has 21 nitrogen and oxygen atoms in total. The van der Waals surface area contributed by atoms with E-state index in [0.717, 1.165) is 0 Å². The molecule has 0 saturated carbocycles. The van der Waals surface area contributed by atoms with E-state index in [1.54, 1.807) is 12.1 Å². The molecule has 2 aromatic carbocycles. The molecule has 1 aliphatic rings. The molecule has 2 aromatic rings. The number of aliphatic hydroxyl groups is 1. The Morgan fingerprint density at radius 2 is 1.28 bits per heavy atom. The second-order valence-corrected chi connectivity index (χ2v) is 19.1. The van der Waals surface area contributed by atoms with Gasteiger partial charge < -0.3 is 68.7 Å². The molecular formula is C46H69N9O12S. The summed E-state index contributed by atoms with van der Waals surface area (Å²) in [5.74, 6) is -6.35. The van der Waals surface area contributed by atoms with Crippen LogP contribution in [0.1, 0.15) is 84.3 Å². The molecule has 7 atom stereocenters. The molecule has 0 bridgehead atoms. The Bertz CT molecular complexity index is 2060. The highest BCUT2D eigenvalue weighted by molar-refractivity contribution is 7.98. The predicted octanol–water partition coefficient (Wildman–Crippen LogP) is -0.722. The fraction of sp³-hybridized carbons (Fsp3) is 0.565. The van der Waals surface area contributed by atoms with Gasteiger partial charge in [-0.2, -0.15) is 11.8 Å². The average Bonchev–Trinajstić information content (AvgIpc) is 3.77. The van der Waals surface area contributed by atoms with E-state index in [0.29, 0.717) is 42.7 Å². The quantitative estimate of drug-likeness (QED) is 0.0518. The highest BCUT2D eigenvalue weighted by Crippen LogP contribution is 2.22. The largest absolute Gasteiger partial charge is 0.508 e. The molecule has 376 valence electrons. The van der Waals surface area contributed by atoms with E-state index in [4.69, 9.17) is 11.5 Å². The summed E-state index contributed by atoms with van der Waals surface area (Å²) in [4.78, 5) is 110. The zero-order valence-electron chi connectivity index (χ0n) is 39.5. The zero-order valence-corrected chi connectivity index (χ0v) is 40.3. The Morgan fingerprint density at radius 3 is 1.79 bits per heavy atom. The molecule has 0 spiro atoms. The number of unbranched alkanes of at least 4 members (excludes halogenated alkanes) is 1. The van der Waals surface area contributed by atoms with Crippen LogP contribution in [0.5, 0.6) is 11.5 Å². The third-order valence-electron chi connectivity index (χ3n) is 11.3. The Morgan fingerprint density at radius 1 is 0.735 bits per heavy atom. The monoisotopic (exact) mass is 971 g/mol. The zero-order chi connectivity index (χ0) is 50.9. The van der Waals surface area contributed by atoms with Gasteiger partial charge in [0.05, 0.1) is 11.6 Å². The third-order valence-corrected chi connectivity index (χ3v) is 11.9. The Labute approximate surface area is 400 Å². The van der Waals surface area contributed by atoms with E-state index < -0.39 is 101 Å². The number of amides is 7. The summed E-state index contributed by atoms with van der Waals surface area (Å²) in [5.41, 5.74) is 9.51. The number of aliphatic hydroxyl groups excluding tert-OH is 1. The topological polar surface area (TPSA) is 345 Å². The van der Waals surface area contributed by atoms with Gasteiger partial charge in [0, 0.05) is 19.4 Å². The molecule has 1 aliphatic heterocycles. The number of benzene rings is 2. The number of aromatic hydroxyl groups is 2. The number of hydrogen-bond acceptors (Lipinski definition) is 14. The number of carbonyl (C=O) groups excluding carboxylic acids is 7. The van der Waals surface area contributed by atoms with E-state index in [9.17, 15) is 58.8 Å². The van der Waals surface area contributed by atoms with Crippen LogP contribution in [0.15, 0.2) is 48.5 Å². The van der Waals surface area contributed by atoms with Gasteiger partial charge in [-0.05, 0) is 127 Å². The van der Waals surface area contributed by atoms with Gasteiger partial charge in [0.25, 0.3) is 0 Å². The first-order chi connectivity index (χ1) is 31.9. The lowest BCUT2D eigenvalue weighted by molar-refractivity contribution is -0.144. The van der Waals surface area contributed by atoms with Crippen LogP contribution < -0.4 is 43.4 Å². The molecule has 3 rings (SSSR count). The Hall–Kier alpha value is -5.97. The number of carbonyl (C=O) groups is 8. The van der Waals surface area contributed by atoms with E-state index in [1.165, 1.54) is 87.7 Å². The molecule has 0 aliphatic carbocycles. The molecule has 14 N–H and O–H groups in total. The first-order valence-corrected chi connectivity index (χ1v) is 23.9. The van der Waals surface area contributed by atoms with Crippen LogP contribution in [0.2, 0.25) is 0 Å². The van der Waals surface area contributed by atoms with Crippen LogP contribution in [-0.4, -0.2) is 151 Å². The maximum absolute atomic E-state index is 14.5. The van der Waals surface area contributed by atoms with Crippen molar-refractivity contribution in [1.82, 2.24) is 36.8 Å². The molecule has 1 heterocycles. The van der Waals surface area contributed by atoms with E-state index in [-0.39, 0.29) is 50.1 Å². The number of hydrogen-bond donors (Lipinski definition) is 12. The van der Waals surface area contributed by atoms with Gasteiger partial charge in [-0.3, -0.25) is 33.6 Å². The minimum Gasteiger partial charge on any atom is -0.508 e. The number of phenols is 2. The van der Waals surface area contributed by atoms with Crippen molar-refractivity contribution in [2.45, 2.75) is 139 Å².